The summed E-state index contributed by atoms with van der Waals surface area (Å²) in [7, 11) is 0. The highest BCUT2D eigenvalue weighted by molar-refractivity contribution is 5.93. The maximum atomic E-state index is 12.1. The van der Waals surface area contributed by atoms with Gasteiger partial charge in [-0.1, -0.05) is 0 Å². The standard InChI is InChI=1S/C13H20N4O4/c1-8-13(9(2)16-15-8)14-11(18)6-17-3-4-21-7-10(17)5-12(19)20/h10H,3-7H2,1-2H3,(H,14,18)(H,15,16)(H,19,20). The maximum absolute atomic E-state index is 12.1. The van der Waals surface area contributed by atoms with Gasteiger partial charge in [0.05, 0.1) is 43.3 Å². The molecule has 1 unspecified atom stereocenters. The second-order valence-corrected chi connectivity index (χ2v) is 5.15. The Kier molecular flexibility index (Phi) is 4.92. The number of morpholine rings is 1. The number of hydrogen-bond donors (Lipinski definition) is 3. The van der Waals surface area contributed by atoms with E-state index in [1.807, 2.05) is 11.8 Å². The monoisotopic (exact) mass is 296 g/mol. The third kappa shape index (κ3) is 4.02. The molecular weight excluding hydrogens is 276 g/mol. The van der Waals surface area contributed by atoms with Crippen molar-refractivity contribution in [3.8, 4) is 0 Å². The number of rotatable bonds is 5. The average molecular weight is 296 g/mol. The lowest BCUT2D eigenvalue weighted by molar-refractivity contribution is -0.141. The Hall–Kier alpha value is -1.93. The summed E-state index contributed by atoms with van der Waals surface area (Å²) in [5.74, 6) is -1.07. The predicted octanol–water partition coefficient (Wildman–Crippen LogP) is 0.141. The topological polar surface area (TPSA) is 108 Å². The van der Waals surface area contributed by atoms with E-state index in [-0.39, 0.29) is 24.9 Å². The van der Waals surface area contributed by atoms with Crippen LogP contribution in [0.3, 0.4) is 0 Å². The highest BCUT2D eigenvalue weighted by atomic mass is 16.5. The molecule has 2 heterocycles. The van der Waals surface area contributed by atoms with Gasteiger partial charge in [-0.3, -0.25) is 19.6 Å². The van der Waals surface area contributed by atoms with Crippen molar-refractivity contribution in [2.75, 3.05) is 31.6 Å². The molecule has 3 N–H and O–H groups in total. The second kappa shape index (κ2) is 6.68. The largest absolute Gasteiger partial charge is 0.481 e. The number of aryl methyl sites for hydroxylation is 2. The molecule has 2 rings (SSSR count). The van der Waals surface area contributed by atoms with Gasteiger partial charge in [-0.05, 0) is 13.8 Å². The highest BCUT2D eigenvalue weighted by Crippen LogP contribution is 2.16. The van der Waals surface area contributed by atoms with E-state index in [0.29, 0.717) is 25.4 Å². The number of aromatic nitrogens is 2. The van der Waals surface area contributed by atoms with Crippen molar-refractivity contribution in [2.24, 2.45) is 0 Å². The van der Waals surface area contributed by atoms with Crippen LogP contribution < -0.4 is 5.32 Å². The second-order valence-electron chi connectivity index (χ2n) is 5.15. The van der Waals surface area contributed by atoms with Crippen LogP contribution in [0, 0.1) is 13.8 Å². The van der Waals surface area contributed by atoms with Crippen LogP contribution in [0.15, 0.2) is 0 Å². The predicted molar refractivity (Wildman–Crippen MR) is 75.1 cm³/mol. The summed E-state index contributed by atoms with van der Waals surface area (Å²) in [5, 5.41) is 18.5. The van der Waals surface area contributed by atoms with Crippen LogP contribution in [0.25, 0.3) is 0 Å². The minimum Gasteiger partial charge on any atom is -0.481 e. The van der Waals surface area contributed by atoms with Gasteiger partial charge in [0.25, 0.3) is 0 Å². The molecule has 1 atom stereocenters. The highest BCUT2D eigenvalue weighted by Gasteiger charge is 2.27. The molecule has 1 fully saturated rings. The molecular formula is C13H20N4O4. The first kappa shape index (κ1) is 15.5. The molecule has 0 saturated carbocycles. The number of carboxylic acid groups (broad SMARTS) is 1. The number of aliphatic carboxylic acids is 1. The van der Waals surface area contributed by atoms with Crippen molar-refractivity contribution in [3.05, 3.63) is 11.4 Å². The molecule has 0 spiro atoms. The SMILES string of the molecule is Cc1n[nH]c(C)c1NC(=O)CN1CCOCC1CC(=O)O. The van der Waals surface area contributed by atoms with Crippen LogP contribution in [0.5, 0.6) is 0 Å². The molecule has 0 bridgehead atoms. The number of carbonyl (C=O) groups excluding carboxylic acids is 1. The molecule has 1 aromatic rings. The number of nitrogens with zero attached hydrogens (tertiary/aromatic N) is 2. The van der Waals surface area contributed by atoms with Gasteiger partial charge in [0.1, 0.15) is 0 Å². The Labute approximate surface area is 122 Å². The third-order valence-corrected chi connectivity index (χ3v) is 3.50. The maximum Gasteiger partial charge on any atom is 0.305 e. The van der Waals surface area contributed by atoms with Crippen LogP contribution in [-0.2, 0) is 14.3 Å². The zero-order chi connectivity index (χ0) is 15.4. The molecule has 0 aliphatic carbocycles. The number of ether oxygens (including phenoxy) is 1. The number of carbonyl (C=O) groups is 2. The summed E-state index contributed by atoms with van der Waals surface area (Å²) in [6.45, 7) is 5.18. The van der Waals surface area contributed by atoms with Crippen molar-refractivity contribution < 1.29 is 19.4 Å². The van der Waals surface area contributed by atoms with Gasteiger partial charge in [-0.25, -0.2) is 0 Å². The quantitative estimate of drug-likeness (QED) is 0.713. The lowest BCUT2D eigenvalue weighted by Gasteiger charge is -2.34. The lowest BCUT2D eigenvalue weighted by Crippen LogP contribution is -2.49. The summed E-state index contributed by atoms with van der Waals surface area (Å²) >= 11 is 0. The van der Waals surface area contributed by atoms with Crippen molar-refractivity contribution >= 4 is 17.6 Å². The Bertz CT molecular complexity index is 509. The fourth-order valence-corrected chi connectivity index (χ4v) is 2.39. The summed E-state index contributed by atoms with van der Waals surface area (Å²) in [4.78, 5) is 24.8. The molecule has 1 aliphatic rings. The Morgan fingerprint density at radius 2 is 2.29 bits per heavy atom. The van der Waals surface area contributed by atoms with Gasteiger partial charge in [-0.15, -0.1) is 0 Å². The smallest absolute Gasteiger partial charge is 0.305 e. The molecule has 1 aromatic heterocycles. The zero-order valence-electron chi connectivity index (χ0n) is 12.2. The molecule has 0 aromatic carbocycles. The van der Waals surface area contributed by atoms with Crippen LogP contribution in [0.4, 0.5) is 5.69 Å². The van der Waals surface area contributed by atoms with Crippen LogP contribution >= 0.6 is 0 Å². The van der Waals surface area contributed by atoms with Crippen LogP contribution in [0.2, 0.25) is 0 Å². The van der Waals surface area contributed by atoms with Crippen molar-refractivity contribution in [2.45, 2.75) is 26.3 Å². The van der Waals surface area contributed by atoms with Gasteiger partial charge >= 0.3 is 5.97 Å². The molecule has 116 valence electrons. The number of anilines is 1. The zero-order valence-corrected chi connectivity index (χ0v) is 12.2. The van der Waals surface area contributed by atoms with Gasteiger partial charge < -0.3 is 15.2 Å². The molecule has 1 aliphatic heterocycles. The van der Waals surface area contributed by atoms with E-state index in [0.717, 1.165) is 11.4 Å². The van der Waals surface area contributed by atoms with Crippen LogP contribution in [0.1, 0.15) is 17.8 Å². The lowest BCUT2D eigenvalue weighted by atomic mass is 10.1. The first-order valence-electron chi connectivity index (χ1n) is 6.82. The first-order valence-corrected chi connectivity index (χ1v) is 6.82. The summed E-state index contributed by atoms with van der Waals surface area (Å²) in [6.07, 6.45) is -0.0307. The summed E-state index contributed by atoms with van der Waals surface area (Å²) < 4.78 is 5.29. The van der Waals surface area contributed by atoms with Gasteiger partial charge in [-0.2, -0.15) is 5.10 Å². The first-order chi connectivity index (χ1) is 9.97. The molecule has 8 heteroatoms. The normalized spacial score (nSPS) is 19.4. The number of aromatic amines is 1. The molecule has 21 heavy (non-hydrogen) atoms. The third-order valence-electron chi connectivity index (χ3n) is 3.50. The van der Waals surface area contributed by atoms with Crippen LogP contribution in [-0.4, -0.2) is 64.4 Å². The molecule has 1 amide bonds. The van der Waals surface area contributed by atoms with Crippen molar-refractivity contribution in [3.63, 3.8) is 0 Å². The fourth-order valence-electron chi connectivity index (χ4n) is 2.39. The Balaban J connectivity index is 1.95. The molecule has 1 saturated heterocycles. The van der Waals surface area contributed by atoms with Crippen molar-refractivity contribution in [1.82, 2.24) is 15.1 Å². The fraction of sp³-hybridized carbons (Fsp3) is 0.615. The Morgan fingerprint density at radius 1 is 1.52 bits per heavy atom. The minimum absolute atomic E-state index is 0.0307. The van der Waals surface area contributed by atoms with Gasteiger partial charge in [0, 0.05) is 12.6 Å². The van der Waals surface area contributed by atoms with E-state index >= 15 is 0 Å². The number of amides is 1. The number of hydrogen-bond acceptors (Lipinski definition) is 5. The molecule has 8 nitrogen and oxygen atoms in total. The number of carboxylic acids is 1. The average Bonchev–Trinajstić information content (AvgIpc) is 2.72. The summed E-state index contributed by atoms with van der Waals surface area (Å²) in [6, 6.07) is -0.270. The molecule has 0 radical (unpaired) electrons. The van der Waals surface area contributed by atoms with Crippen molar-refractivity contribution in [1.29, 1.82) is 0 Å². The number of H-pyrrole nitrogens is 1. The van der Waals surface area contributed by atoms with E-state index in [4.69, 9.17) is 9.84 Å². The van der Waals surface area contributed by atoms with Gasteiger partial charge in [0.2, 0.25) is 5.91 Å². The summed E-state index contributed by atoms with van der Waals surface area (Å²) in [5.41, 5.74) is 2.21. The van der Waals surface area contributed by atoms with E-state index in [2.05, 4.69) is 15.5 Å². The van der Waals surface area contributed by atoms with Gasteiger partial charge in [0.15, 0.2) is 0 Å². The minimum atomic E-state index is -0.891. The van der Waals surface area contributed by atoms with E-state index < -0.39 is 5.97 Å². The number of nitrogens with one attached hydrogen (secondary N) is 2. The Morgan fingerprint density at radius 3 is 2.90 bits per heavy atom. The van der Waals surface area contributed by atoms with E-state index in [1.54, 1.807) is 6.92 Å². The van der Waals surface area contributed by atoms with E-state index in [9.17, 15) is 9.59 Å². The van der Waals surface area contributed by atoms with E-state index in [1.165, 1.54) is 0 Å².